The molecule has 164 valence electrons. The van der Waals surface area contributed by atoms with Crippen LogP contribution in [0.4, 0.5) is 0 Å². The molecule has 0 bridgehead atoms. The lowest BCUT2D eigenvalue weighted by molar-refractivity contribution is -0.144. The van der Waals surface area contributed by atoms with Gasteiger partial charge < -0.3 is 14.9 Å². The summed E-state index contributed by atoms with van der Waals surface area (Å²) in [4.78, 5) is 12.2. The standard InChI is InChI=1S/C21H23N3O6S/c1-4-13-10-16(18(26)11-17(13)25)20-21(24(23-22-20)12-19(27)30-5-2)14-7-6-8-15(9-14)31(3,28)29/h6-11,25-26H,4-5,12H2,1-3H3. The number of aromatic nitrogens is 3. The first-order valence-corrected chi connectivity index (χ1v) is 11.5. The number of phenols is 2. The number of carbonyl (C=O) groups is 1. The molecule has 2 N–H and O–H groups in total. The number of nitrogens with zero attached hydrogens (tertiary/aromatic N) is 3. The van der Waals surface area contributed by atoms with E-state index in [9.17, 15) is 23.4 Å². The number of hydrogen-bond donors (Lipinski definition) is 2. The Balaban J connectivity index is 2.25. The molecular formula is C21H23N3O6S. The van der Waals surface area contributed by atoms with Crippen LogP contribution >= 0.6 is 0 Å². The monoisotopic (exact) mass is 445 g/mol. The molecule has 0 amide bonds. The van der Waals surface area contributed by atoms with E-state index in [1.54, 1.807) is 25.1 Å². The van der Waals surface area contributed by atoms with Crippen molar-refractivity contribution >= 4 is 15.8 Å². The van der Waals surface area contributed by atoms with Crippen LogP contribution in [0.5, 0.6) is 11.5 Å². The molecule has 0 radical (unpaired) electrons. The van der Waals surface area contributed by atoms with Crippen molar-refractivity contribution in [3.63, 3.8) is 0 Å². The molecule has 0 unspecified atom stereocenters. The highest BCUT2D eigenvalue weighted by molar-refractivity contribution is 7.90. The van der Waals surface area contributed by atoms with Gasteiger partial charge in [-0.2, -0.15) is 0 Å². The van der Waals surface area contributed by atoms with Gasteiger partial charge in [-0.3, -0.25) is 4.79 Å². The maximum absolute atomic E-state index is 12.1. The number of sulfone groups is 1. The first-order valence-electron chi connectivity index (χ1n) is 9.60. The molecule has 31 heavy (non-hydrogen) atoms. The topological polar surface area (TPSA) is 132 Å². The molecule has 9 nitrogen and oxygen atoms in total. The van der Waals surface area contributed by atoms with Crippen molar-refractivity contribution < 1.29 is 28.2 Å². The number of rotatable bonds is 7. The third kappa shape index (κ3) is 4.69. The molecule has 2 aromatic carbocycles. The van der Waals surface area contributed by atoms with Crippen molar-refractivity contribution in [2.75, 3.05) is 12.9 Å². The highest BCUT2D eigenvalue weighted by atomic mass is 32.2. The van der Waals surface area contributed by atoms with E-state index in [1.165, 1.54) is 22.9 Å². The first-order chi connectivity index (χ1) is 14.7. The van der Waals surface area contributed by atoms with Gasteiger partial charge in [-0.15, -0.1) is 5.10 Å². The van der Waals surface area contributed by atoms with Gasteiger partial charge in [-0.25, -0.2) is 13.1 Å². The van der Waals surface area contributed by atoms with Crippen LogP contribution in [0.3, 0.4) is 0 Å². The van der Waals surface area contributed by atoms with Gasteiger partial charge in [-0.1, -0.05) is 24.3 Å². The summed E-state index contributed by atoms with van der Waals surface area (Å²) in [5, 5.41) is 28.7. The van der Waals surface area contributed by atoms with Crippen LogP contribution in [0, 0.1) is 0 Å². The Kier molecular flexibility index (Phi) is 6.30. The molecule has 3 aromatic rings. The fourth-order valence-electron chi connectivity index (χ4n) is 3.19. The lowest BCUT2D eigenvalue weighted by Gasteiger charge is -2.12. The Morgan fingerprint density at radius 1 is 1.13 bits per heavy atom. The summed E-state index contributed by atoms with van der Waals surface area (Å²) >= 11 is 0. The largest absolute Gasteiger partial charge is 0.508 e. The molecule has 0 aliphatic rings. The number of benzene rings is 2. The minimum Gasteiger partial charge on any atom is -0.508 e. The number of aryl methyl sites for hydroxylation is 1. The lowest BCUT2D eigenvalue weighted by atomic mass is 10.00. The summed E-state index contributed by atoms with van der Waals surface area (Å²) in [5.41, 5.74) is 1.90. The molecule has 3 rings (SSSR count). The summed E-state index contributed by atoms with van der Waals surface area (Å²) in [6.45, 7) is 3.47. The maximum atomic E-state index is 12.1. The molecule has 0 aliphatic heterocycles. The SMILES string of the molecule is CCOC(=O)Cn1nnc(-c2cc(CC)c(O)cc2O)c1-c1cccc(S(C)(=O)=O)c1. The zero-order valence-corrected chi connectivity index (χ0v) is 18.2. The van der Waals surface area contributed by atoms with Crippen molar-refractivity contribution in [3.8, 4) is 34.0 Å². The van der Waals surface area contributed by atoms with Crippen LogP contribution in [0.15, 0.2) is 41.3 Å². The highest BCUT2D eigenvalue weighted by Crippen LogP contribution is 2.39. The van der Waals surface area contributed by atoms with E-state index in [0.717, 1.165) is 6.26 Å². The third-order valence-corrected chi connectivity index (χ3v) is 5.80. The Bertz CT molecular complexity index is 1230. The van der Waals surface area contributed by atoms with E-state index in [4.69, 9.17) is 4.74 Å². The molecule has 0 aliphatic carbocycles. The molecule has 1 heterocycles. The average Bonchev–Trinajstić information content (AvgIpc) is 3.11. The predicted molar refractivity (Wildman–Crippen MR) is 113 cm³/mol. The minimum absolute atomic E-state index is 0.0525. The normalized spacial score (nSPS) is 11.5. The van der Waals surface area contributed by atoms with Crippen LogP contribution in [0.1, 0.15) is 19.4 Å². The van der Waals surface area contributed by atoms with E-state index in [-0.39, 0.29) is 35.2 Å². The van der Waals surface area contributed by atoms with E-state index in [2.05, 4.69) is 10.3 Å². The van der Waals surface area contributed by atoms with Gasteiger partial charge in [-0.05, 0) is 37.1 Å². The van der Waals surface area contributed by atoms with Gasteiger partial charge in [0, 0.05) is 23.4 Å². The van der Waals surface area contributed by atoms with Crippen LogP contribution in [0.25, 0.3) is 22.5 Å². The Morgan fingerprint density at radius 3 is 2.52 bits per heavy atom. The fraction of sp³-hybridized carbons (Fsp3) is 0.286. The second kappa shape index (κ2) is 8.76. The molecule has 0 saturated carbocycles. The van der Waals surface area contributed by atoms with Gasteiger partial charge >= 0.3 is 5.97 Å². The summed E-state index contributed by atoms with van der Waals surface area (Å²) in [7, 11) is -3.49. The molecule has 0 spiro atoms. The van der Waals surface area contributed by atoms with E-state index in [0.29, 0.717) is 28.8 Å². The molecular weight excluding hydrogens is 422 g/mol. The van der Waals surface area contributed by atoms with Gasteiger partial charge in [0.25, 0.3) is 0 Å². The Labute approximate surface area is 179 Å². The van der Waals surface area contributed by atoms with Crippen molar-refractivity contribution in [1.29, 1.82) is 0 Å². The van der Waals surface area contributed by atoms with Gasteiger partial charge in [0.05, 0.1) is 17.2 Å². The molecule has 0 atom stereocenters. The molecule has 0 fully saturated rings. The van der Waals surface area contributed by atoms with Gasteiger partial charge in [0.2, 0.25) is 0 Å². The Morgan fingerprint density at radius 2 is 1.87 bits per heavy atom. The van der Waals surface area contributed by atoms with Crippen LogP contribution in [-0.2, 0) is 32.3 Å². The lowest BCUT2D eigenvalue weighted by Crippen LogP contribution is -2.15. The number of hydrogen-bond acceptors (Lipinski definition) is 8. The molecule has 10 heteroatoms. The van der Waals surface area contributed by atoms with Crippen LogP contribution < -0.4 is 0 Å². The summed E-state index contributed by atoms with van der Waals surface area (Å²) < 4.78 is 30.4. The first kappa shape index (κ1) is 22.3. The molecule has 0 saturated heterocycles. The van der Waals surface area contributed by atoms with Crippen molar-refractivity contribution in [1.82, 2.24) is 15.0 Å². The maximum Gasteiger partial charge on any atom is 0.327 e. The fourth-order valence-corrected chi connectivity index (χ4v) is 3.86. The summed E-state index contributed by atoms with van der Waals surface area (Å²) in [6, 6.07) is 8.97. The van der Waals surface area contributed by atoms with Crippen molar-refractivity contribution in [3.05, 3.63) is 42.0 Å². The zero-order valence-electron chi connectivity index (χ0n) is 17.4. The number of carbonyl (C=O) groups excluding carboxylic acids is 1. The number of ether oxygens (including phenoxy) is 1. The van der Waals surface area contributed by atoms with Gasteiger partial charge in [0.15, 0.2) is 9.84 Å². The van der Waals surface area contributed by atoms with E-state index >= 15 is 0 Å². The number of esters is 1. The molecule has 1 aromatic heterocycles. The van der Waals surface area contributed by atoms with Crippen molar-refractivity contribution in [2.24, 2.45) is 0 Å². The summed E-state index contributed by atoms with van der Waals surface area (Å²) in [5.74, 6) is -0.815. The zero-order chi connectivity index (χ0) is 22.8. The second-order valence-corrected chi connectivity index (χ2v) is 8.92. The van der Waals surface area contributed by atoms with E-state index < -0.39 is 15.8 Å². The highest BCUT2D eigenvalue weighted by Gasteiger charge is 2.23. The minimum atomic E-state index is -3.49. The quantitative estimate of drug-likeness (QED) is 0.531. The average molecular weight is 445 g/mol. The van der Waals surface area contributed by atoms with Crippen LogP contribution in [-0.4, -0.2) is 52.5 Å². The van der Waals surface area contributed by atoms with Crippen LogP contribution in [0.2, 0.25) is 0 Å². The third-order valence-electron chi connectivity index (χ3n) is 4.69. The summed E-state index contributed by atoms with van der Waals surface area (Å²) in [6.07, 6.45) is 1.61. The number of aromatic hydroxyl groups is 2. The Hall–Kier alpha value is -3.40. The van der Waals surface area contributed by atoms with Gasteiger partial charge in [0.1, 0.15) is 23.7 Å². The van der Waals surface area contributed by atoms with E-state index in [1.807, 2.05) is 6.92 Å². The number of phenolic OH excluding ortho intramolecular Hbond substituents is 2. The van der Waals surface area contributed by atoms with Crippen molar-refractivity contribution in [2.45, 2.75) is 31.7 Å². The smallest absolute Gasteiger partial charge is 0.327 e. The predicted octanol–water partition coefficient (Wildman–Crippen LogP) is 2.55. The second-order valence-electron chi connectivity index (χ2n) is 6.90.